The summed E-state index contributed by atoms with van der Waals surface area (Å²) >= 11 is 0. The van der Waals surface area contributed by atoms with Gasteiger partial charge in [0.1, 0.15) is 0 Å². The quantitative estimate of drug-likeness (QED) is 0.515. The summed E-state index contributed by atoms with van der Waals surface area (Å²) in [4.78, 5) is 19.0. The molecule has 3 unspecified atom stereocenters. The van der Waals surface area contributed by atoms with Crippen molar-refractivity contribution in [2.75, 3.05) is 13.1 Å². The van der Waals surface area contributed by atoms with E-state index in [2.05, 4.69) is 31.1 Å². The molecule has 1 saturated heterocycles. The molecule has 1 aliphatic rings. The van der Waals surface area contributed by atoms with Crippen molar-refractivity contribution in [2.45, 2.75) is 78.7 Å². The van der Waals surface area contributed by atoms with Gasteiger partial charge in [-0.3, -0.25) is 4.79 Å². The van der Waals surface area contributed by atoms with Gasteiger partial charge in [0.25, 0.3) is 5.91 Å². The maximum Gasteiger partial charge on any atom is 0.254 e. The smallest absolute Gasteiger partial charge is 0.254 e. The number of carbonyl (C=O) groups is 1. The van der Waals surface area contributed by atoms with Gasteiger partial charge in [0, 0.05) is 24.7 Å². The Balaban J connectivity index is 1.83. The lowest BCUT2D eigenvalue weighted by Crippen LogP contribution is -2.48. The van der Waals surface area contributed by atoms with Crippen LogP contribution in [0.25, 0.3) is 0 Å². The zero-order chi connectivity index (χ0) is 21.4. The molecule has 0 saturated carbocycles. The Labute approximate surface area is 175 Å². The van der Waals surface area contributed by atoms with Gasteiger partial charge in [0.05, 0.1) is 18.8 Å². The predicted octanol–water partition coefficient (Wildman–Crippen LogP) is 3.56. The topological polar surface area (TPSA) is 79.9 Å². The van der Waals surface area contributed by atoms with Crippen LogP contribution in [0.5, 0.6) is 0 Å². The van der Waals surface area contributed by atoms with Crippen LogP contribution >= 0.6 is 0 Å². The number of nitrogens with zero attached hydrogens (tertiary/aromatic N) is 2. The first kappa shape index (κ1) is 23.2. The fourth-order valence-electron chi connectivity index (χ4n) is 3.66. The number of benzene rings is 1. The molecule has 6 nitrogen and oxygen atoms in total. The van der Waals surface area contributed by atoms with E-state index in [9.17, 15) is 4.79 Å². The standard InChI is InChI=1S/C23H38N4O2/c1-16(2)7-6-8-17(3)26-23(24)25-13-20-9-11-21(12-10-20)22(28)27-14-18(4)29-19(5)15-27/h9-12,16-19H,6-8,13-15H2,1-5H3,(H3,24,25,26). The number of ether oxygens (including phenoxy) is 1. The van der Waals surface area contributed by atoms with Gasteiger partial charge < -0.3 is 20.7 Å². The third kappa shape index (κ3) is 8.05. The molecule has 6 heteroatoms. The van der Waals surface area contributed by atoms with Gasteiger partial charge in [-0.05, 0) is 50.8 Å². The highest BCUT2D eigenvalue weighted by Crippen LogP contribution is 2.15. The number of hydrogen-bond acceptors (Lipinski definition) is 3. The van der Waals surface area contributed by atoms with E-state index in [1.54, 1.807) is 0 Å². The Kier molecular flexibility index (Phi) is 8.96. The van der Waals surface area contributed by atoms with E-state index in [1.807, 2.05) is 43.0 Å². The lowest BCUT2D eigenvalue weighted by molar-refractivity contribution is -0.0586. The molecule has 1 fully saturated rings. The molecule has 1 aromatic carbocycles. The molecule has 0 aromatic heterocycles. The van der Waals surface area contributed by atoms with Gasteiger partial charge in [-0.1, -0.05) is 38.8 Å². The minimum absolute atomic E-state index is 0.0541. The summed E-state index contributed by atoms with van der Waals surface area (Å²) in [6.45, 7) is 12.4. The molecular formula is C23H38N4O2. The molecule has 3 atom stereocenters. The lowest BCUT2D eigenvalue weighted by atomic mass is 10.0. The van der Waals surface area contributed by atoms with Gasteiger partial charge >= 0.3 is 0 Å². The molecule has 0 bridgehead atoms. The number of guanidine groups is 1. The zero-order valence-electron chi connectivity index (χ0n) is 18.6. The second-order valence-corrected chi connectivity index (χ2v) is 8.74. The summed E-state index contributed by atoms with van der Waals surface area (Å²) in [5, 5.41) is 3.26. The van der Waals surface area contributed by atoms with Crippen molar-refractivity contribution in [1.29, 1.82) is 0 Å². The van der Waals surface area contributed by atoms with Crippen LogP contribution < -0.4 is 11.1 Å². The monoisotopic (exact) mass is 402 g/mol. The van der Waals surface area contributed by atoms with Crippen molar-refractivity contribution >= 4 is 11.9 Å². The zero-order valence-corrected chi connectivity index (χ0v) is 18.6. The molecule has 3 N–H and O–H groups in total. The molecule has 1 aliphatic heterocycles. The Morgan fingerprint density at radius 2 is 1.79 bits per heavy atom. The highest BCUT2D eigenvalue weighted by Gasteiger charge is 2.26. The van der Waals surface area contributed by atoms with Crippen molar-refractivity contribution in [3.05, 3.63) is 35.4 Å². The molecule has 162 valence electrons. The number of hydrogen-bond donors (Lipinski definition) is 2. The Hall–Kier alpha value is -2.08. The van der Waals surface area contributed by atoms with Crippen molar-refractivity contribution < 1.29 is 9.53 Å². The third-order valence-electron chi connectivity index (χ3n) is 5.15. The van der Waals surface area contributed by atoms with Crippen molar-refractivity contribution in [1.82, 2.24) is 10.2 Å². The molecule has 1 heterocycles. The molecular weight excluding hydrogens is 364 g/mol. The SMILES string of the molecule is CC(C)CCCC(C)NC(N)=NCc1ccc(C(=O)N2CC(C)OC(C)C2)cc1. The molecule has 1 aromatic rings. The fourth-order valence-corrected chi connectivity index (χ4v) is 3.66. The van der Waals surface area contributed by atoms with E-state index in [0.717, 1.165) is 17.9 Å². The number of nitrogens with one attached hydrogen (secondary N) is 1. The molecule has 0 aliphatic carbocycles. The van der Waals surface area contributed by atoms with Crippen LogP contribution in [0.15, 0.2) is 29.3 Å². The first-order chi connectivity index (χ1) is 13.7. The maximum atomic E-state index is 12.7. The normalized spacial score (nSPS) is 21.3. The summed E-state index contributed by atoms with van der Waals surface area (Å²) in [6, 6.07) is 7.95. The third-order valence-corrected chi connectivity index (χ3v) is 5.15. The van der Waals surface area contributed by atoms with Crippen LogP contribution in [0.2, 0.25) is 0 Å². The molecule has 29 heavy (non-hydrogen) atoms. The average molecular weight is 403 g/mol. The lowest BCUT2D eigenvalue weighted by Gasteiger charge is -2.35. The maximum absolute atomic E-state index is 12.7. The first-order valence-electron chi connectivity index (χ1n) is 10.8. The van der Waals surface area contributed by atoms with Crippen LogP contribution in [-0.2, 0) is 11.3 Å². The summed E-state index contributed by atoms with van der Waals surface area (Å²) in [7, 11) is 0. The fraction of sp³-hybridized carbons (Fsp3) is 0.652. The summed E-state index contributed by atoms with van der Waals surface area (Å²) in [5.41, 5.74) is 7.75. The van der Waals surface area contributed by atoms with Crippen LogP contribution in [0.3, 0.4) is 0 Å². The molecule has 0 spiro atoms. The van der Waals surface area contributed by atoms with Crippen molar-refractivity contribution in [2.24, 2.45) is 16.6 Å². The van der Waals surface area contributed by atoms with Crippen LogP contribution in [0, 0.1) is 5.92 Å². The number of rotatable bonds is 8. The molecule has 2 rings (SSSR count). The van der Waals surface area contributed by atoms with E-state index in [4.69, 9.17) is 10.5 Å². The number of nitrogens with two attached hydrogens (primary N) is 1. The highest BCUT2D eigenvalue weighted by atomic mass is 16.5. The Morgan fingerprint density at radius 1 is 1.17 bits per heavy atom. The van der Waals surface area contributed by atoms with E-state index in [1.165, 1.54) is 12.8 Å². The molecule has 1 amide bonds. The summed E-state index contributed by atoms with van der Waals surface area (Å²) in [5.74, 6) is 1.26. The van der Waals surface area contributed by atoms with E-state index in [-0.39, 0.29) is 18.1 Å². The number of aliphatic imine (C=N–C) groups is 1. The largest absolute Gasteiger partial charge is 0.372 e. The number of carbonyl (C=O) groups excluding carboxylic acids is 1. The number of amides is 1. The van der Waals surface area contributed by atoms with Gasteiger partial charge in [0.15, 0.2) is 5.96 Å². The van der Waals surface area contributed by atoms with Crippen molar-refractivity contribution in [3.8, 4) is 0 Å². The average Bonchev–Trinajstić information content (AvgIpc) is 2.65. The van der Waals surface area contributed by atoms with Crippen LogP contribution in [0.1, 0.15) is 69.8 Å². The Bertz CT molecular complexity index is 662. The second-order valence-electron chi connectivity index (χ2n) is 8.74. The Morgan fingerprint density at radius 3 is 2.38 bits per heavy atom. The summed E-state index contributed by atoms with van der Waals surface area (Å²) in [6.07, 6.45) is 3.65. The van der Waals surface area contributed by atoms with Gasteiger partial charge in [-0.25, -0.2) is 4.99 Å². The minimum Gasteiger partial charge on any atom is -0.372 e. The summed E-state index contributed by atoms with van der Waals surface area (Å²) < 4.78 is 5.71. The van der Waals surface area contributed by atoms with Crippen molar-refractivity contribution in [3.63, 3.8) is 0 Å². The first-order valence-corrected chi connectivity index (χ1v) is 10.8. The van der Waals surface area contributed by atoms with Crippen LogP contribution in [-0.4, -0.2) is 48.1 Å². The highest BCUT2D eigenvalue weighted by molar-refractivity contribution is 5.94. The van der Waals surface area contributed by atoms with E-state index in [0.29, 0.717) is 37.2 Å². The number of morpholine rings is 1. The van der Waals surface area contributed by atoms with Gasteiger partial charge in [-0.2, -0.15) is 0 Å². The van der Waals surface area contributed by atoms with Crippen LogP contribution in [0.4, 0.5) is 0 Å². The van der Waals surface area contributed by atoms with Gasteiger partial charge in [-0.15, -0.1) is 0 Å². The second kappa shape index (κ2) is 11.2. The van der Waals surface area contributed by atoms with Gasteiger partial charge in [0.2, 0.25) is 0 Å². The predicted molar refractivity (Wildman–Crippen MR) is 119 cm³/mol. The van der Waals surface area contributed by atoms with E-state index < -0.39 is 0 Å². The minimum atomic E-state index is 0.0541. The molecule has 0 radical (unpaired) electrons. The van der Waals surface area contributed by atoms with E-state index >= 15 is 0 Å².